The average molecular weight is 237 g/mol. The van der Waals surface area contributed by atoms with Gasteiger partial charge in [-0.25, -0.2) is 13.6 Å². The van der Waals surface area contributed by atoms with Gasteiger partial charge in [-0.15, -0.1) is 12.4 Å². The first-order chi connectivity index (χ1) is 5.95. The molecule has 0 unspecified atom stereocenters. The molecule has 0 aliphatic carbocycles. The SMILES string of the molecule is Cc1cc(CN)ccc1S(N)(=O)=O.Cl. The summed E-state index contributed by atoms with van der Waals surface area (Å²) < 4.78 is 22.0. The second-order valence-electron chi connectivity index (χ2n) is 2.85. The van der Waals surface area contributed by atoms with Gasteiger partial charge in [-0.1, -0.05) is 12.1 Å². The third-order valence-corrected chi connectivity index (χ3v) is 2.85. The van der Waals surface area contributed by atoms with Crippen molar-refractivity contribution in [3.05, 3.63) is 29.3 Å². The lowest BCUT2D eigenvalue weighted by Gasteiger charge is -2.04. The molecule has 1 rings (SSSR count). The molecule has 0 aromatic heterocycles. The van der Waals surface area contributed by atoms with Crippen LogP contribution < -0.4 is 10.9 Å². The molecule has 0 saturated heterocycles. The standard InChI is InChI=1S/C8H12N2O2S.ClH/c1-6-4-7(5-9)2-3-8(6)13(10,11)12;/h2-4H,5,9H2,1H3,(H2,10,11,12);1H. The predicted molar refractivity (Wildman–Crippen MR) is 57.7 cm³/mol. The molecule has 4 N–H and O–H groups in total. The fourth-order valence-electron chi connectivity index (χ4n) is 1.16. The lowest BCUT2D eigenvalue weighted by atomic mass is 10.1. The lowest BCUT2D eigenvalue weighted by Crippen LogP contribution is -2.14. The van der Waals surface area contributed by atoms with E-state index in [0.29, 0.717) is 12.1 Å². The topological polar surface area (TPSA) is 86.2 Å². The maximum absolute atomic E-state index is 11.0. The molecule has 0 heterocycles. The van der Waals surface area contributed by atoms with Crippen molar-refractivity contribution in [2.45, 2.75) is 18.4 Å². The highest BCUT2D eigenvalue weighted by Crippen LogP contribution is 2.14. The number of halogens is 1. The van der Waals surface area contributed by atoms with Crippen LogP contribution in [0.2, 0.25) is 0 Å². The predicted octanol–water partition coefficient (Wildman–Crippen LogP) is 0.523. The largest absolute Gasteiger partial charge is 0.326 e. The van der Waals surface area contributed by atoms with Crippen molar-refractivity contribution in [1.29, 1.82) is 0 Å². The summed E-state index contributed by atoms with van der Waals surface area (Å²) in [5.41, 5.74) is 6.92. The molecule has 4 nitrogen and oxygen atoms in total. The van der Waals surface area contributed by atoms with Crippen LogP contribution in [0.4, 0.5) is 0 Å². The van der Waals surface area contributed by atoms with Crippen molar-refractivity contribution < 1.29 is 8.42 Å². The zero-order valence-corrected chi connectivity index (χ0v) is 9.36. The van der Waals surface area contributed by atoms with Gasteiger partial charge in [-0.05, 0) is 24.1 Å². The van der Waals surface area contributed by atoms with Gasteiger partial charge in [-0.2, -0.15) is 0 Å². The molecular weight excluding hydrogens is 224 g/mol. The Kier molecular flexibility index (Phi) is 4.54. The number of benzene rings is 1. The van der Waals surface area contributed by atoms with Gasteiger partial charge in [0, 0.05) is 6.54 Å². The van der Waals surface area contributed by atoms with Gasteiger partial charge in [0.2, 0.25) is 10.0 Å². The first-order valence-electron chi connectivity index (χ1n) is 3.77. The Hall–Kier alpha value is -0.620. The lowest BCUT2D eigenvalue weighted by molar-refractivity contribution is 0.597. The number of aryl methyl sites for hydroxylation is 1. The summed E-state index contributed by atoms with van der Waals surface area (Å²) in [5, 5.41) is 4.99. The molecule has 0 amide bonds. The highest BCUT2D eigenvalue weighted by molar-refractivity contribution is 7.89. The number of primary sulfonamides is 1. The Balaban J connectivity index is 0.00000169. The molecule has 0 fully saturated rings. The summed E-state index contributed by atoms with van der Waals surface area (Å²) in [6.45, 7) is 2.09. The average Bonchev–Trinajstić information content (AvgIpc) is 2.01. The number of sulfonamides is 1. The normalized spacial score (nSPS) is 10.8. The summed E-state index contributed by atoms with van der Waals surface area (Å²) in [6, 6.07) is 4.86. The summed E-state index contributed by atoms with van der Waals surface area (Å²) in [4.78, 5) is 0.157. The van der Waals surface area contributed by atoms with E-state index in [9.17, 15) is 8.42 Å². The number of hydrogen-bond donors (Lipinski definition) is 2. The molecule has 0 saturated carbocycles. The molecule has 0 bridgehead atoms. The fourth-order valence-corrected chi connectivity index (χ4v) is 1.92. The zero-order chi connectivity index (χ0) is 10.1. The highest BCUT2D eigenvalue weighted by Gasteiger charge is 2.10. The summed E-state index contributed by atoms with van der Waals surface area (Å²) >= 11 is 0. The van der Waals surface area contributed by atoms with E-state index in [1.54, 1.807) is 19.1 Å². The smallest absolute Gasteiger partial charge is 0.238 e. The van der Waals surface area contributed by atoms with Crippen LogP contribution in [0.25, 0.3) is 0 Å². The summed E-state index contributed by atoms with van der Waals surface area (Å²) in [6.07, 6.45) is 0. The van der Waals surface area contributed by atoms with E-state index >= 15 is 0 Å². The van der Waals surface area contributed by atoms with Gasteiger partial charge in [0.25, 0.3) is 0 Å². The van der Waals surface area contributed by atoms with Crippen molar-refractivity contribution in [2.24, 2.45) is 10.9 Å². The van der Waals surface area contributed by atoms with Crippen LogP contribution in [0.3, 0.4) is 0 Å². The van der Waals surface area contributed by atoms with E-state index < -0.39 is 10.0 Å². The molecule has 0 spiro atoms. The minimum absolute atomic E-state index is 0. The molecule has 0 aliphatic rings. The van der Waals surface area contributed by atoms with E-state index in [1.165, 1.54) is 6.07 Å². The van der Waals surface area contributed by atoms with Crippen LogP contribution in [-0.4, -0.2) is 8.42 Å². The minimum Gasteiger partial charge on any atom is -0.326 e. The molecule has 80 valence electrons. The third-order valence-electron chi connectivity index (χ3n) is 1.78. The molecule has 1 aromatic carbocycles. The fraction of sp³-hybridized carbons (Fsp3) is 0.250. The van der Waals surface area contributed by atoms with E-state index in [0.717, 1.165) is 5.56 Å². The Morgan fingerprint density at radius 2 is 1.93 bits per heavy atom. The van der Waals surface area contributed by atoms with E-state index in [-0.39, 0.29) is 17.3 Å². The Labute approximate surface area is 89.8 Å². The molecule has 6 heteroatoms. The van der Waals surface area contributed by atoms with Gasteiger partial charge >= 0.3 is 0 Å². The van der Waals surface area contributed by atoms with Crippen molar-refractivity contribution in [2.75, 3.05) is 0 Å². The number of hydrogen-bond acceptors (Lipinski definition) is 3. The van der Waals surface area contributed by atoms with Gasteiger partial charge in [0.15, 0.2) is 0 Å². The zero-order valence-electron chi connectivity index (χ0n) is 7.73. The molecule has 0 aliphatic heterocycles. The van der Waals surface area contributed by atoms with Crippen LogP contribution in [0.5, 0.6) is 0 Å². The Morgan fingerprint density at radius 3 is 2.29 bits per heavy atom. The molecule has 1 aromatic rings. The van der Waals surface area contributed by atoms with Crippen LogP contribution >= 0.6 is 12.4 Å². The maximum atomic E-state index is 11.0. The maximum Gasteiger partial charge on any atom is 0.238 e. The number of nitrogens with two attached hydrogens (primary N) is 2. The van der Waals surface area contributed by atoms with Crippen LogP contribution in [0.1, 0.15) is 11.1 Å². The van der Waals surface area contributed by atoms with Gasteiger partial charge in [0.1, 0.15) is 0 Å². The second kappa shape index (κ2) is 4.75. The molecular formula is C8H13ClN2O2S. The summed E-state index contributed by atoms with van der Waals surface area (Å²) in [5.74, 6) is 0. The first-order valence-corrected chi connectivity index (χ1v) is 5.32. The Bertz CT molecular complexity index is 417. The van der Waals surface area contributed by atoms with Crippen LogP contribution in [-0.2, 0) is 16.6 Å². The first kappa shape index (κ1) is 13.4. The van der Waals surface area contributed by atoms with Crippen molar-refractivity contribution >= 4 is 22.4 Å². The van der Waals surface area contributed by atoms with Crippen molar-refractivity contribution in [3.8, 4) is 0 Å². The third kappa shape index (κ3) is 2.95. The monoisotopic (exact) mass is 236 g/mol. The van der Waals surface area contributed by atoms with Gasteiger partial charge in [-0.3, -0.25) is 0 Å². The quantitative estimate of drug-likeness (QED) is 0.785. The van der Waals surface area contributed by atoms with Gasteiger partial charge in [0.05, 0.1) is 4.90 Å². The van der Waals surface area contributed by atoms with E-state index in [4.69, 9.17) is 10.9 Å². The van der Waals surface area contributed by atoms with E-state index in [1.807, 2.05) is 0 Å². The van der Waals surface area contributed by atoms with Gasteiger partial charge < -0.3 is 5.73 Å². The Morgan fingerprint density at radius 1 is 1.36 bits per heavy atom. The molecule has 0 radical (unpaired) electrons. The number of rotatable bonds is 2. The molecule has 14 heavy (non-hydrogen) atoms. The minimum atomic E-state index is -3.60. The van der Waals surface area contributed by atoms with Crippen molar-refractivity contribution in [3.63, 3.8) is 0 Å². The van der Waals surface area contributed by atoms with Crippen molar-refractivity contribution in [1.82, 2.24) is 0 Å². The van der Waals surface area contributed by atoms with Crippen LogP contribution in [0.15, 0.2) is 23.1 Å². The second-order valence-corrected chi connectivity index (χ2v) is 4.38. The van der Waals surface area contributed by atoms with E-state index in [2.05, 4.69) is 0 Å². The summed E-state index contributed by atoms with van der Waals surface area (Å²) in [7, 11) is -3.60. The molecule has 0 atom stereocenters. The highest BCUT2D eigenvalue weighted by atomic mass is 35.5. The van der Waals surface area contributed by atoms with Crippen LogP contribution in [0, 0.1) is 6.92 Å².